The molecule has 5 N–H and O–H groups in total. The minimum atomic E-state index is -4.35. The van der Waals surface area contributed by atoms with E-state index in [1.165, 1.54) is 109 Å². The predicted octanol–water partition coefficient (Wildman–Crippen LogP) is 12.1. The van der Waals surface area contributed by atoms with Crippen LogP contribution in [0.2, 0.25) is 0 Å². The van der Waals surface area contributed by atoms with E-state index in [2.05, 4.69) is 55.6 Å². The SMILES string of the molecule is CCCCCCCC/C=C\CCCCCCCC(=O)NC(COP(=O)(O)OCCN)C(O)/C=C/CC/C=C/CC/C=C/CCCCCCCCCCC. The van der Waals surface area contributed by atoms with Crippen molar-refractivity contribution in [1.82, 2.24) is 5.32 Å². The van der Waals surface area contributed by atoms with Crippen LogP contribution in [-0.4, -0.2) is 47.8 Å². The number of carbonyl (C=O) groups is 1. The van der Waals surface area contributed by atoms with Gasteiger partial charge in [-0.3, -0.25) is 13.8 Å². The molecule has 0 spiro atoms. The molecule has 0 saturated carbocycles. The molecule has 0 saturated heterocycles. The molecule has 0 aliphatic heterocycles. The summed E-state index contributed by atoms with van der Waals surface area (Å²) >= 11 is 0. The van der Waals surface area contributed by atoms with Crippen LogP contribution in [0.4, 0.5) is 0 Å². The van der Waals surface area contributed by atoms with Crippen LogP contribution >= 0.6 is 7.82 Å². The Morgan fingerprint density at radius 1 is 0.604 bits per heavy atom. The van der Waals surface area contributed by atoms with Gasteiger partial charge in [0.15, 0.2) is 0 Å². The van der Waals surface area contributed by atoms with E-state index >= 15 is 0 Å². The topological polar surface area (TPSA) is 131 Å². The molecule has 0 aromatic rings. The molecular formula is C44H83N2O6P. The molecule has 0 radical (unpaired) electrons. The second kappa shape index (κ2) is 40.1. The molecule has 8 nitrogen and oxygen atoms in total. The standard InChI is InChI=1S/C44H83N2O6P/c1-3-5-7-9-11-13-15-17-19-20-21-22-24-25-27-29-31-33-35-37-43(47)42(41-52-53(49,50)51-40-39-45)46-44(48)38-36-34-32-30-28-26-23-18-16-14-12-10-8-6-4-2/h18,21-23,27,29,35,37,42-43,47H,3-17,19-20,24-26,28,30-34,36,38-41,45H2,1-2H3,(H,46,48)(H,49,50)/b22-21+,23-18-,29-27+,37-35+. The molecule has 0 aliphatic rings. The van der Waals surface area contributed by atoms with Crippen molar-refractivity contribution in [2.75, 3.05) is 19.8 Å². The maximum Gasteiger partial charge on any atom is 0.472 e. The van der Waals surface area contributed by atoms with Gasteiger partial charge < -0.3 is 21.1 Å². The van der Waals surface area contributed by atoms with Crippen LogP contribution in [0.5, 0.6) is 0 Å². The third kappa shape index (κ3) is 38.5. The first kappa shape index (κ1) is 51.5. The van der Waals surface area contributed by atoms with Crippen molar-refractivity contribution in [2.24, 2.45) is 5.73 Å². The van der Waals surface area contributed by atoms with Crippen molar-refractivity contribution in [3.05, 3.63) is 48.6 Å². The number of aliphatic hydroxyl groups excluding tert-OH is 1. The summed E-state index contributed by atoms with van der Waals surface area (Å²) in [5.41, 5.74) is 5.37. The van der Waals surface area contributed by atoms with Gasteiger partial charge in [-0.2, -0.15) is 0 Å². The zero-order chi connectivity index (χ0) is 38.9. The Morgan fingerprint density at radius 3 is 1.45 bits per heavy atom. The van der Waals surface area contributed by atoms with Gasteiger partial charge in [-0.1, -0.05) is 165 Å². The highest BCUT2D eigenvalue weighted by Crippen LogP contribution is 2.43. The molecule has 0 aromatic heterocycles. The number of hydrogen-bond donors (Lipinski definition) is 4. The number of phosphoric ester groups is 1. The molecule has 0 bridgehead atoms. The highest BCUT2D eigenvalue weighted by Gasteiger charge is 2.26. The predicted molar refractivity (Wildman–Crippen MR) is 226 cm³/mol. The number of allylic oxidation sites excluding steroid dienone is 7. The maximum atomic E-state index is 12.7. The molecule has 9 heteroatoms. The quantitative estimate of drug-likeness (QED) is 0.0277. The van der Waals surface area contributed by atoms with Gasteiger partial charge >= 0.3 is 7.82 Å². The second-order valence-corrected chi connectivity index (χ2v) is 16.0. The van der Waals surface area contributed by atoms with Crippen LogP contribution in [0.3, 0.4) is 0 Å². The Kier molecular flexibility index (Phi) is 39.0. The fourth-order valence-electron chi connectivity index (χ4n) is 6.04. The Labute approximate surface area is 326 Å². The average Bonchev–Trinajstić information content (AvgIpc) is 3.14. The fraction of sp³-hybridized carbons (Fsp3) is 0.795. The van der Waals surface area contributed by atoms with E-state index in [1.54, 1.807) is 6.08 Å². The zero-order valence-electron chi connectivity index (χ0n) is 34.2. The van der Waals surface area contributed by atoms with E-state index in [4.69, 9.17) is 14.8 Å². The molecule has 310 valence electrons. The normalized spacial score (nSPS) is 14.6. The molecule has 0 heterocycles. The van der Waals surface area contributed by atoms with E-state index in [1.807, 2.05) is 6.08 Å². The Hall–Kier alpha value is -1.54. The van der Waals surface area contributed by atoms with Gasteiger partial charge in [0, 0.05) is 13.0 Å². The summed E-state index contributed by atoms with van der Waals surface area (Å²) in [6.07, 6.45) is 48.8. The van der Waals surface area contributed by atoms with Crippen molar-refractivity contribution >= 4 is 13.7 Å². The second-order valence-electron chi connectivity index (χ2n) is 14.5. The summed E-state index contributed by atoms with van der Waals surface area (Å²) in [5, 5.41) is 13.6. The molecule has 0 fully saturated rings. The number of nitrogens with one attached hydrogen (secondary N) is 1. The molecule has 1 amide bonds. The smallest absolute Gasteiger partial charge is 0.387 e. The van der Waals surface area contributed by atoms with Crippen molar-refractivity contribution in [2.45, 2.75) is 206 Å². The van der Waals surface area contributed by atoms with Gasteiger partial charge in [0.2, 0.25) is 5.91 Å². The van der Waals surface area contributed by atoms with Gasteiger partial charge in [-0.05, 0) is 70.6 Å². The number of nitrogens with two attached hydrogens (primary N) is 1. The number of phosphoric acid groups is 1. The molecular weight excluding hydrogens is 683 g/mol. The van der Waals surface area contributed by atoms with Gasteiger partial charge in [0.05, 0.1) is 25.4 Å². The third-order valence-electron chi connectivity index (χ3n) is 9.35. The first-order valence-electron chi connectivity index (χ1n) is 21.8. The number of unbranched alkanes of at least 4 members (excludes halogenated alkanes) is 22. The van der Waals surface area contributed by atoms with Gasteiger partial charge in [0.1, 0.15) is 0 Å². The summed E-state index contributed by atoms with van der Waals surface area (Å²) in [7, 11) is -4.35. The summed E-state index contributed by atoms with van der Waals surface area (Å²) < 4.78 is 22.1. The largest absolute Gasteiger partial charge is 0.472 e. The Morgan fingerprint density at radius 2 is 1.00 bits per heavy atom. The van der Waals surface area contributed by atoms with Crippen LogP contribution < -0.4 is 11.1 Å². The van der Waals surface area contributed by atoms with E-state index in [-0.39, 0.29) is 25.7 Å². The van der Waals surface area contributed by atoms with Gasteiger partial charge in [-0.15, -0.1) is 0 Å². The monoisotopic (exact) mass is 767 g/mol. The Balaban J connectivity index is 4.32. The first-order valence-corrected chi connectivity index (χ1v) is 23.3. The molecule has 0 aliphatic carbocycles. The fourth-order valence-corrected chi connectivity index (χ4v) is 6.80. The highest BCUT2D eigenvalue weighted by atomic mass is 31.2. The summed E-state index contributed by atoms with van der Waals surface area (Å²) in [4.78, 5) is 22.7. The molecule has 3 atom stereocenters. The number of rotatable bonds is 40. The van der Waals surface area contributed by atoms with E-state index in [0.717, 1.165) is 64.2 Å². The average molecular weight is 767 g/mol. The molecule has 53 heavy (non-hydrogen) atoms. The number of amides is 1. The lowest BCUT2D eigenvalue weighted by atomic mass is 10.1. The first-order chi connectivity index (χ1) is 25.9. The third-order valence-corrected chi connectivity index (χ3v) is 10.3. The summed E-state index contributed by atoms with van der Waals surface area (Å²) in [5.74, 6) is -0.218. The van der Waals surface area contributed by atoms with Gasteiger partial charge in [-0.25, -0.2) is 4.57 Å². The van der Waals surface area contributed by atoms with E-state index in [9.17, 15) is 19.4 Å². The van der Waals surface area contributed by atoms with Crippen LogP contribution in [0.15, 0.2) is 48.6 Å². The molecule has 0 aromatic carbocycles. The maximum absolute atomic E-state index is 12.7. The van der Waals surface area contributed by atoms with Crippen LogP contribution in [0.25, 0.3) is 0 Å². The summed E-state index contributed by atoms with van der Waals surface area (Å²) in [6, 6.07) is -0.887. The minimum Gasteiger partial charge on any atom is -0.387 e. The zero-order valence-corrected chi connectivity index (χ0v) is 35.1. The van der Waals surface area contributed by atoms with E-state index in [0.29, 0.717) is 6.42 Å². The molecule has 0 rings (SSSR count). The van der Waals surface area contributed by atoms with Crippen LogP contribution in [-0.2, 0) is 18.4 Å². The van der Waals surface area contributed by atoms with Crippen molar-refractivity contribution in [1.29, 1.82) is 0 Å². The number of carbonyl (C=O) groups excluding carboxylic acids is 1. The van der Waals surface area contributed by atoms with Crippen molar-refractivity contribution in [3.8, 4) is 0 Å². The lowest BCUT2D eigenvalue weighted by Crippen LogP contribution is -2.45. The Bertz CT molecular complexity index is 970. The number of hydrogen-bond acceptors (Lipinski definition) is 6. The van der Waals surface area contributed by atoms with Crippen molar-refractivity contribution in [3.63, 3.8) is 0 Å². The lowest BCUT2D eigenvalue weighted by Gasteiger charge is -2.23. The van der Waals surface area contributed by atoms with Crippen LogP contribution in [0.1, 0.15) is 194 Å². The summed E-state index contributed by atoms with van der Waals surface area (Å²) in [6.45, 7) is 4.09. The van der Waals surface area contributed by atoms with Crippen LogP contribution in [0, 0.1) is 0 Å². The van der Waals surface area contributed by atoms with Crippen molar-refractivity contribution < 1.29 is 28.4 Å². The van der Waals surface area contributed by atoms with Gasteiger partial charge in [0.25, 0.3) is 0 Å². The lowest BCUT2D eigenvalue weighted by molar-refractivity contribution is -0.123. The van der Waals surface area contributed by atoms with E-state index < -0.39 is 20.0 Å². The highest BCUT2D eigenvalue weighted by molar-refractivity contribution is 7.47. The molecule has 3 unspecified atom stereocenters. The number of aliphatic hydroxyl groups is 1. The minimum absolute atomic E-state index is 0.0694.